The first kappa shape index (κ1) is 18.4. The molecule has 10 heteroatoms. The Morgan fingerprint density at radius 3 is 1.50 bits per heavy atom. The topological polar surface area (TPSA) is 77.5 Å². The van der Waals surface area contributed by atoms with Crippen molar-refractivity contribution >= 4 is 20.2 Å². The molecule has 2 aromatic carbocycles. The molecule has 0 fully saturated rings. The third-order valence-corrected chi connectivity index (χ3v) is 6.09. The molecule has 0 N–H and O–H groups in total. The fraction of sp³-hybridized carbons (Fsp3) is 0.143. The molecule has 0 amide bonds. The van der Waals surface area contributed by atoms with E-state index in [1.165, 1.54) is 12.1 Å². The Balaban J connectivity index is 2.32. The summed E-state index contributed by atoms with van der Waals surface area (Å²) in [5, 5.41) is 0. The molecule has 0 radical (unpaired) electrons. The van der Waals surface area contributed by atoms with E-state index in [9.17, 15) is 30.0 Å². The highest BCUT2D eigenvalue weighted by molar-refractivity contribution is 7.99. The van der Waals surface area contributed by atoms with Gasteiger partial charge in [0.05, 0.1) is 15.4 Å². The molecular weight excluding hydrogens is 369 g/mol. The fourth-order valence-electron chi connectivity index (χ4n) is 1.71. The van der Waals surface area contributed by atoms with Crippen LogP contribution in [0.1, 0.15) is 11.1 Å². The Morgan fingerprint density at radius 1 is 0.750 bits per heavy atom. The zero-order valence-corrected chi connectivity index (χ0v) is 13.7. The van der Waals surface area contributed by atoms with Gasteiger partial charge in [-0.05, 0) is 43.3 Å². The highest BCUT2D eigenvalue weighted by atomic mass is 32.3. The van der Waals surface area contributed by atoms with Crippen LogP contribution in [0.4, 0.5) is 13.2 Å². The third kappa shape index (κ3) is 4.13. The molecule has 0 atom stereocenters. The summed E-state index contributed by atoms with van der Waals surface area (Å²) in [7, 11) is -9.43. The van der Waals surface area contributed by atoms with Crippen LogP contribution in [0.5, 0.6) is 0 Å². The van der Waals surface area contributed by atoms with Crippen molar-refractivity contribution in [3.05, 3.63) is 59.7 Å². The third-order valence-electron chi connectivity index (χ3n) is 2.96. The zero-order valence-electron chi connectivity index (χ0n) is 12.1. The van der Waals surface area contributed by atoms with Gasteiger partial charge in [-0.3, -0.25) is 0 Å². The average Bonchev–Trinajstić information content (AvgIpc) is 2.46. The number of alkyl halides is 3. The number of hydrogen-bond donors (Lipinski definition) is 0. The van der Waals surface area contributed by atoms with Gasteiger partial charge in [0, 0.05) is 0 Å². The Kier molecular flexibility index (Phi) is 4.75. The van der Waals surface area contributed by atoms with E-state index in [1.54, 1.807) is 6.92 Å². The summed E-state index contributed by atoms with van der Waals surface area (Å²) in [4.78, 5) is -1.09. The molecule has 5 nitrogen and oxygen atoms in total. The van der Waals surface area contributed by atoms with Crippen molar-refractivity contribution in [1.29, 1.82) is 0 Å². The lowest BCUT2D eigenvalue weighted by Gasteiger charge is -2.09. The van der Waals surface area contributed by atoms with Crippen molar-refractivity contribution in [2.45, 2.75) is 22.9 Å². The number of halogens is 3. The standard InChI is InChI=1S/C14H11F3O5S2/c1-10-2-6-12(7-3-10)23(18,19)22-24(20,21)13-8-4-11(5-9-13)14(15,16)17/h2-9H,1H3. The summed E-state index contributed by atoms with van der Waals surface area (Å²) in [6.07, 6.45) is -4.64. The minimum absolute atomic E-state index is 0.386. The predicted molar refractivity (Wildman–Crippen MR) is 78.1 cm³/mol. The van der Waals surface area contributed by atoms with Crippen LogP contribution in [0.25, 0.3) is 0 Å². The summed E-state index contributed by atoms with van der Waals surface area (Å²) < 4.78 is 89.5. The average molecular weight is 380 g/mol. The van der Waals surface area contributed by atoms with Crippen molar-refractivity contribution in [2.75, 3.05) is 0 Å². The molecule has 0 aliphatic rings. The molecule has 0 bridgehead atoms. The largest absolute Gasteiger partial charge is 0.416 e. The summed E-state index contributed by atoms with van der Waals surface area (Å²) >= 11 is 0. The van der Waals surface area contributed by atoms with Gasteiger partial charge >= 0.3 is 26.4 Å². The lowest BCUT2D eigenvalue weighted by atomic mass is 10.2. The molecule has 0 aliphatic carbocycles. The molecule has 0 unspecified atom stereocenters. The van der Waals surface area contributed by atoms with E-state index < -0.39 is 36.9 Å². The van der Waals surface area contributed by atoms with Gasteiger partial charge in [0.2, 0.25) is 0 Å². The van der Waals surface area contributed by atoms with Crippen LogP contribution in [0, 0.1) is 6.92 Å². The Labute approximate surface area is 136 Å². The molecule has 2 rings (SSSR count). The van der Waals surface area contributed by atoms with Crippen LogP contribution < -0.4 is 0 Å². The molecule has 0 saturated carbocycles. The first-order chi connectivity index (χ1) is 10.9. The van der Waals surface area contributed by atoms with Gasteiger partial charge in [0.25, 0.3) is 0 Å². The van der Waals surface area contributed by atoms with Gasteiger partial charge in [-0.2, -0.15) is 30.0 Å². The Bertz CT molecular complexity index is 929. The van der Waals surface area contributed by atoms with Crippen molar-refractivity contribution in [2.24, 2.45) is 0 Å². The smallest absolute Gasteiger partial charge is 0.193 e. The van der Waals surface area contributed by atoms with Gasteiger partial charge in [-0.25, -0.2) is 0 Å². The molecular formula is C14H11F3O5S2. The van der Waals surface area contributed by atoms with Crippen LogP contribution in [-0.4, -0.2) is 16.8 Å². The van der Waals surface area contributed by atoms with Gasteiger partial charge in [0.1, 0.15) is 0 Å². The summed E-state index contributed by atoms with van der Waals surface area (Å²) in [5.41, 5.74) is -0.317. The van der Waals surface area contributed by atoms with Crippen LogP contribution in [0.2, 0.25) is 0 Å². The van der Waals surface area contributed by atoms with Crippen LogP contribution >= 0.6 is 0 Å². The maximum atomic E-state index is 12.5. The molecule has 2 aromatic rings. The van der Waals surface area contributed by atoms with E-state index in [2.05, 4.69) is 3.63 Å². The molecule has 0 saturated heterocycles. The quantitative estimate of drug-likeness (QED) is 0.815. The van der Waals surface area contributed by atoms with E-state index in [4.69, 9.17) is 0 Å². The summed E-state index contributed by atoms with van der Waals surface area (Å²) in [5.74, 6) is 0. The minimum Gasteiger partial charge on any atom is -0.193 e. The van der Waals surface area contributed by atoms with Crippen molar-refractivity contribution in [3.63, 3.8) is 0 Å². The van der Waals surface area contributed by atoms with Crippen LogP contribution in [0.15, 0.2) is 58.3 Å². The monoisotopic (exact) mass is 380 g/mol. The minimum atomic E-state index is -4.79. The van der Waals surface area contributed by atoms with E-state index in [0.29, 0.717) is 24.3 Å². The summed E-state index contributed by atoms with van der Waals surface area (Å²) in [6, 6.07) is 7.51. The maximum absolute atomic E-state index is 12.5. The van der Waals surface area contributed by atoms with E-state index in [0.717, 1.165) is 17.7 Å². The van der Waals surface area contributed by atoms with E-state index in [1.807, 2.05) is 0 Å². The van der Waals surface area contributed by atoms with Crippen molar-refractivity contribution in [1.82, 2.24) is 0 Å². The second-order valence-electron chi connectivity index (χ2n) is 4.81. The van der Waals surface area contributed by atoms with Crippen LogP contribution in [0.3, 0.4) is 0 Å². The first-order valence-electron chi connectivity index (χ1n) is 6.37. The second-order valence-corrected chi connectivity index (χ2v) is 8.12. The molecule has 24 heavy (non-hydrogen) atoms. The molecule has 0 aliphatic heterocycles. The number of rotatable bonds is 4. The van der Waals surface area contributed by atoms with Gasteiger partial charge in [-0.1, -0.05) is 17.7 Å². The fourth-order valence-corrected chi connectivity index (χ4v) is 4.22. The lowest BCUT2D eigenvalue weighted by molar-refractivity contribution is -0.137. The first-order valence-corrected chi connectivity index (χ1v) is 9.18. The second kappa shape index (κ2) is 6.19. The number of benzene rings is 2. The number of aryl methyl sites for hydroxylation is 1. The predicted octanol–water partition coefficient (Wildman–Crippen LogP) is 3.11. The van der Waals surface area contributed by atoms with Gasteiger partial charge < -0.3 is 0 Å². The zero-order chi connectivity index (χ0) is 18.2. The van der Waals surface area contributed by atoms with Crippen molar-refractivity contribution in [3.8, 4) is 0 Å². The maximum Gasteiger partial charge on any atom is 0.416 e. The summed E-state index contributed by atoms with van der Waals surface area (Å²) in [6.45, 7) is 1.70. The van der Waals surface area contributed by atoms with E-state index >= 15 is 0 Å². The SMILES string of the molecule is Cc1ccc(S(=O)(=O)OS(=O)(=O)c2ccc(C(F)(F)F)cc2)cc1. The highest BCUT2D eigenvalue weighted by Gasteiger charge is 2.32. The lowest BCUT2D eigenvalue weighted by Crippen LogP contribution is -2.14. The normalized spacial score (nSPS) is 13.0. The molecule has 0 aromatic heterocycles. The van der Waals surface area contributed by atoms with Crippen LogP contribution in [-0.2, 0) is 30.0 Å². The van der Waals surface area contributed by atoms with Gasteiger partial charge in [0.15, 0.2) is 0 Å². The molecule has 0 heterocycles. The van der Waals surface area contributed by atoms with E-state index in [-0.39, 0.29) is 4.90 Å². The Morgan fingerprint density at radius 2 is 1.12 bits per heavy atom. The van der Waals surface area contributed by atoms with Gasteiger partial charge in [-0.15, -0.1) is 3.63 Å². The van der Waals surface area contributed by atoms with Crippen molar-refractivity contribution < 1.29 is 33.6 Å². The molecule has 130 valence electrons. The Hall–Kier alpha value is -1.91. The molecule has 0 spiro atoms. The number of hydrogen-bond acceptors (Lipinski definition) is 5. The highest BCUT2D eigenvalue weighted by Crippen LogP contribution is 2.30.